The molecule has 0 unspecified atom stereocenters. The molecule has 0 aliphatic heterocycles. The van der Waals surface area contributed by atoms with Gasteiger partial charge in [-0.2, -0.15) is 0 Å². The summed E-state index contributed by atoms with van der Waals surface area (Å²) in [5, 5.41) is 3.33. The molecule has 19 heavy (non-hydrogen) atoms. The minimum absolute atomic E-state index is 0.237. The molecule has 1 N–H and O–H groups in total. The number of nitrogens with one attached hydrogen (secondary N) is 1. The molecule has 0 atom stereocenters. The number of benzene rings is 1. The van der Waals surface area contributed by atoms with Gasteiger partial charge in [-0.15, -0.1) is 0 Å². The van der Waals surface area contributed by atoms with Crippen molar-refractivity contribution in [2.24, 2.45) is 0 Å². The van der Waals surface area contributed by atoms with E-state index in [9.17, 15) is 4.79 Å². The number of rotatable bonds is 8. The smallest absolute Gasteiger partial charge is 0.222 e. The average molecular weight is 262 g/mol. The van der Waals surface area contributed by atoms with Crippen LogP contribution in [0.15, 0.2) is 30.3 Å². The summed E-state index contributed by atoms with van der Waals surface area (Å²) < 4.78 is 0. The Kier molecular flexibility index (Phi) is 7.19. The molecule has 106 valence electrons. The minimum atomic E-state index is 0.237. The average Bonchev–Trinajstić information content (AvgIpc) is 2.41. The maximum atomic E-state index is 11.9. The molecule has 0 aliphatic carbocycles. The van der Waals surface area contributed by atoms with Gasteiger partial charge in [-0.1, -0.05) is 44.2 Å². The number of carbonyl (C=O) groups is 1. The van der Waals surface area contributed by atoms with Gasteiger partial charge in [0.05, 0.1) is 0 Å². The van der Waals surface area contributed by atoms with Gasteiger partial charge in [0.1, 0.15) is 0 Å². The zero-order chi connectivity index (χ0) is 14.1. The van der Waals surface area contributed by atoms with Crippen LogP contribution in [0, 0.1) is 0 Å². The molecule has 0 spiro atoms. The highest BCUT2D eigenvalue weighted by Crippen LogP contribution is 2.02. The lowest BCUT2D eigenvalue weighted by atomic mass is 10.1. The first-order valence-electron chi connectivity index (χ1n) is 7.11. The summed E-state index contributed by atoms with van der Waals surface area (Å²) in [6.07, 6.45) is 2.46. The highest BCUT2D eigenvalue weighted by molar-refractivity contribution is 5.75. The van der Waals surface area contributed by atoms with Crippen molar-refractivity contribution in [3.05, 3.63) is 35.9 Å². The van der Waals surface area contributed by atoms with Crippen LogP contribution >= 0.6 is 0 Å². The number of carbonyl (C=O) groups excluding carboxylic acids is 1. The van der Waals surface area contributed by atoms with Crippen LogP contribution < -0.4 is 5.32 Å². The van der Waals surface area contributed by atoms with E-state index in [1.165, 1.54) is 5.56 Å². The van der Waals surface area contributed by atoms with Crippen molar-refractivity contribution < 1.29 is 4.79 Å². The van der Waals surface area contributed by atoms with Crippen LogP contribution in [0.5, 0.6) is 0 Å². The van der Waals surface area contributed by atoms with Crippen molar-refractivity contribution in [2.45, 2.75) is 39.2 Å². The molecule has 3 nitrogen and oxygen atoms in total. The molecule has 0 fully saturated rings. The molecule has 0 saturated carbocycles. The maximum absolute atomic E-state index is 11.9. The zero-order valence-corrected chi connectivity index (χ0v) is 12.4. The SMILES string of the molecule is CC(C)NCCCC(=O)N(C)CCc1ccccc1. The largest absolute Gasteiger partial charge is 0.345 e. The lowest BCUT2D eigenvalue weighted by Crippen LogP contribution is -2.30. The fourth-order valence-corrected chi connectivity index (χ4v) is 1.89. The highest BCUT2D eigenvalue weighted by Gasteiger charge is 2.08. The summed E-state index contributed by atoms with van der Waals surface area (Å²) in [4.78, 5) is 13.7. The van der Waals surface area contributed by atoms with Crippen molar-refractivity contribution in [1.29, 1.82) is 0 Å². The van der Waals surface area contributed by atoms with E-state index < -0.39 is 0 Å². The summed E-state index contributed by atoms with van der Waals surface area (Å²) in [5.41, 5.74) is 1.28. The molecular formula is C16H26N2O. The van der Waals surface area contributed by atoms with Gasteiger partial charge in [-0.05, 0) is 24.9 Å². The van der Waals surface area contributed by atoms with Crippen LogP contribution in [-0.4, -0.2) is 37.0 Å². The Morgan fingerprint density at radius 3 is 2.58 bits per heavy atom. The number of hydrogen-bond donors (Lipinski definition) is 1. The van der Waals surface area contributed by atoms with Crippen LogP contribution in [0.25, 0.3) is 0 Å². The summed E-state index contributed by atoms with van der Waals surface area (Å²) in [6, 6.07) is 10.8. The minimum Gasteiger partial charge on any atom is -0.345 e. The van der Waals surface area contributed by atoms with Gasteiger partial charge in [0.25, 0.3) is 0 Å². The van der Waals surface area contributed by atoms with E-state index in [-0.39, 0.29) is 5.91 Å². The lowest BCUT2D eigenvalue weighted by Gasteiger charge is -2.17. The Morgan fingerprint density at radius 1 is 1.26 bits per heavy atom. The van der Waals surface area contributed by atoms with Crippen molar-refractivity contribution in [1.82, 2.24) is 10.2 Å². The maximum Gasteiger partial charge on any atom is 0.222 e. The van der Waals surface area contributed by atoms with Gasteiger partial charge < -0.3 is 10.2 Å². The third-order valence-corrected chi connectivity index (χ3v) is 3.12. The molecular weight excluding hydrogens is 236 g/mol. The van der Waals surface area contributed by atoms with Crippen molar-refractivity contribution >= 4 is 5.91 Å². The number of amides is 1. The Hall–Kier alpha value is -1.35. The molecule has 1 aromatic carbocycles. The first kappa shape index (κ1) is 15.7. The fourth-order valence-electron chi connectivity index (χ4n) is 1.89. The monoisotopic (exact) mass is 262 g/mol. The molecule has 0 bridgehead atoms. The van der Waals surface area contributed by atoms with Crippen LogP contribution in [-0.2, 0) is 11.2 Å². The number of hydrogen-bond acceptors (Lipinski definition) is 2. The van der Waals surface area contributed by atoms with Gasteiger partial charge >= 0.3 is 0 Å². The third kappa shape index (κ3) is 6.97. The van der Waals surface area contributed by atoms with E-state index in [2.05, 4.69) is 31.3 Å². The normalized spacial score (nSPS) is 10.7. The molecule has 0 aromatic heterocycles. The highest BCUT2D eigenvalue weighted by atomic mass is 16.2. The van der Waals surface area contributed by atoms with Crippen LogP contribution in [0.4, 0.5) is 0 Å². The summed E-state index contributed by atoms with van der Waals surface area (Å²) in [5.74, 6) is 0.237. The summed E-state index contributed by atoms with van der Waals surface area (Å²) in [6.45, 7) is 5.94. The predicted octanol–water partition coefficient (Wildman–Crippen LogP) is 2.47. The second-order valence-electron chi connectivity index (χ2n) is 5.26. The molecule has 0 heterocycles. The number of nitrogens with zero attached hydrogens (tertiary/aromatic N) is 1. The summed E-state index contributed by atoms with van der Waals surface area (Å²) in [7, 11) is 1.89. The second kappa shape index (κ2) is 8.70. The van der Waals surface area contributed by atoms with Crippen molar-refractivity contribution in [3.8, 4) is 0 Å². The third-order valence-electron chi connectivity index (χ3n) is 3.12. The second-order valence-corrected chi connectivity index (χ2v) is 5.26. The quantitative estimate of drug-likeness (QED) is 0.730. The molecule has 0 radical (unpaired) electrons. The van der Waals surface area contributed by atoms with Gasteiger partial charge in [0, 0.05) is 26.1 Å². The molecule has 0 aliphatic rings. The Morgan fingerprint density at radius 2 is 1.95 bits per heavy atom. The van der Waals surface area contributed by atoms with Crippen LogP contribution in [0.1, 0.15) is 32.3 Å². The summed E-state index contributed by atoms with van der Waals surface area (Å²) >= 11 is 0. The Bertz CT molecular complexity index is 362. The fraction of sp³-hybridized carbons (Fsp3) is 0.562. The first-order valence-corrected chi connectivity index (χ1v) is 7.11. The van der Waals surface area contributed by atoms with Crippen molar-refractivity contribution in [2.75, 3.05) is 20.1 Å². The zero-order valence-electron chi connectivity index (χ0n) is 12.4. The van der Waals surface area contributed by atoms with E-state index in [1.807, 2.05) is 30.1 Å². The molecule has 1 aromatic rings. The Labute approximate surface area is 117 Å². The van der Waals surface area contributed by atoms with Gasteiger partial charge in [-0.3, -0.25) is 4.79 Å². The van der Waals surface area contributed by atoms with E-state index in [0.29, 0.717) is 12.5 Å². The van der Waals surface area contributed by atoms with Gasteiger partial charge in [0.15, 0.2) is 0 Å². The molecule has 1 amide bonds. The van der Waals surface area contributed by atoms with Gasteiger partial charge in [-0.25, -0.2) is 0 Å². The van der Waals surface area contributed by atoms with E-state index in [4.69, 9.17) is 0 Å². The standard InChI is InChI=1S/C16H26N2O/c1-14(2)17-12-7-10-16(19)18(3)13-11-15-8-5-4-6-9-15/h4-6,8-9,14,17H,7,10-13H2,1-3H3. The van der Waals surface area contributed by atoms with E-state index >= 15 is 0 Å². The first-order chi connectivity index (χ1) is 9.09. The lowest BCUT2D eigenvalue weighted by molar-refractivity contribution is -0.129. The van der Waals surface area contributed by atoms with Crippen LogP contribution in [0.2, 0.25) is 0 Å². The topological polar surface area (TPSA) is 32.3 Å². The van der Waals surface area contributed by atoms with Crippen molar-refractivity contribution in [3.63, 3.8) is 0 Å². The molecule has 1 rings (SSSR count). The Balaban J connectivity index is 2.18. The van der Waals surface area contributed by atoms with Gasteiger partial charge in [0.2, 0.25) is 5.91 Å². The number of likely N-dealkylation sites (N-methyl/N-ethyl adjacent to an activating group) is 1. The molecule has 3 heteroatoms. The predicted molar refractivity (Wildman–Crippen MR) is 80.2 cm³/mol. The van der Waals surface area contributed by atoms with E-state index in [0.717, 1.165) is 25.9 Å². The van der Waals surface area contributed by atoms with Crippen LogP contribution in [0.3, 0.4) is 0 Å². The molecule has 0 saturated heterocycles. The van der Waals surface area contributed by atoms with E-state index in [1.54, 1.807) is 0 Å².